The fraction of sp³-hybridized carbons (Fsp3) is 0.0714. The number of carbonyl (C=O) groups is 1. The lowest BCUT2D eigenvalue weighted by Crippen LogP contribution is -2.25. The lowest BCUT2D eigenvalue weighted by Gasteiger charge is -2.11. The third kappa shape index (κ3) is 4.94. The minimum absolute atomic E-state index is 0.0554. The van der Waals surface area contributed by atoms with Gasteiger partial charge in [0.1, 0.15) is 19.0 Å². The third-order valence-corrected chi connectivity index (χ3v) is 5.41. The number of fused-ring (bicyclic) bond motifs is 1. The molecule has 5 aromatic rings. The van der Waals surface area contributed by atoms with E-state index in [0.717, 1.165) is 11.3 Å². The van der Waals surface area contributed by atoms with Gasteiger partial charge >= 0.3 is 5.97 Å². The predicted molar refractivity (Wildman–Crippen MR) is 131 cm³/mol. The van der Waals surface area contributed by atoms with E-state index in [1.807, 2.05) is 48.5 Å². The van der Waals surface area contributed by atoms with E-state index in [2.05, 4.69) is 10.1 Å². The molecule has 0 aliphatic carbocycles. The van der Waals surface area contributed by atoms with Crippen LogP contribution in [0.3, 0.4) is 0 Å². The summed E-state index contributed by atoms with van der Waals surface area (Å²) in [5.74, 6) is 0.0784. The van der Waals surface area contributed by atoms with Gasteiger partial charge < -0.3 is 9.47 Å². The molecule has 2 heterocycles. The van der Waals surface area contributed by atoms with Crippen molar-refractivity contribution in [2.75, 3.05) is 0 Å². The number of pyridine rings is 1. The minimum atomic E-state index is -0.610. The summed E-state index contributed by atoms with van der Waals surface area (Å²) in [6, 6.07) is 28.8. The first-order valence-electron chi connectivity index (χ1n) is 11.1. The van der Waals surface area contributed by atoms with Gasteiger partial charge in [-0.1, -0.05) is 54.6 Å². The van der Waals surface area contributed by atoms with Crippen molar-refractivity contribution in [1.82, 2.24) is 14.8 Å². The molecule has 0 amide bonds. The highest BCUT2D eigenvalue weighted by Gasteiger charge is 2.18. The van der Waals surface area contributed by atoms with Gasteiger partial charge in [0.2, 0.25) is 0 Å². The van der Waals surface area contributed by atoms with Crippen LogP contribution in [-0.2, 0) is 18.0 Å². The van der Waals surface area contributed by atoms with Crippen LogP contribution in [0.15, 0.2) is 108 Å². The molecule has 0 spiro atoms. The Hall–Kier alpha value is -4.78. The van der Waals surface area contributed by atoms with Crippen molar-refractivity contribution in [2.45, 2.75) is 13.2 Å². The Morgan fingerprint density at radius 3 is 2.23 bits per heavy atom. The van der Waals surface area contributed by atoms with Gasteiger partial charge in [-0.2, -0.15) is 9.78 Å². The molecule has 0 atom stereocenters. The lowest BCUT2D eigenvalue weighted by molar-refractivity contribution is 0.0466. The largest absolute Gasteiger partial charge is 0.487 e. The molecule has 0 aliphatic rings. The summed E-state index contributed by atoms with van der Waals surface area (Å²) in [6.07, 6.45) is 1.72. The number of hydrogen-bond acceptors (Lipinski definition) is 6. The molecule has 35 heavy (non-hydrogen) atoms. The minimum Gasteiger partial charge on any atom is -0.487 e. The maximum atomic E-state index is 13.0. The second-order valence-corrected chi connectivity index (χ2v) is 7.78. The number of rotatable bonds is 7. The number of esters is 1. The number of benzene rings is 3. The van der Waals surface area contributed by atoms with Crippen LogP contribution in [-0.4, -0.2) is 20.7 Å². The molecule has 0 fully saturated rings. The Morgan fingerprint density at radius 2 is 1.49 bits per heavy atom. The van der Waals surface area contributed by atoms with E-state index in [9.17, 15) is 9.59 Å². The Morgan fingerprint density at radius 1 is 0.771 bits per heavy atom. The van der Waals surface area contributed by atoms with E-state index in [-0.39, 0.29) is 17.9 Å². The molecule has 0 N–H and O–H groups in total. The normalized spacial score (nSPS) is 10.7. The van der Waals surface area contributed by atoms with Gasteiger partial charge in [0.25, 0.3) is 5.56 Å². The van der Waals surface area contributed by atoms with E-state index in [0.29, 0.717) is 28.8 Å². The molecule has 2 aromatic heterocycles. The van der Waals surface area contributed by atoms with Crippen LogP contribution in [0.1, 0.15) is 21.7 Å². The summed E-state index contributed by atoms with van der Waals surface area (Å²) in [4.78, 5) is 30.2. The zero-order valence-corrected chi connectivity index (χ0v) is 18.7. The molecule has 0 saturated heterocycles. The van der Waals surface area contributed by atoms with Crippen molar-refractivity contribution in [3.63, 3.8) is 0 Å². The molecule has 7 nitrogen and oxygen atoms in total. The second-order valence-electron chi connectivity index (χ2n) is 7.78. The second kappa shape index (κ2) is 10.0. The van der Waals surface area contributed by atoms with Crippen molar-refractivity contribution < 1.29 is 14.3 Å². The van der Waals surface area contributed by atoms with Gasteiger partial charge in [-0.25, -0.2) is 4.79 Å². The number of para-hydroxylation sites is 1. The van der Waals surface area contributed by atoms with Crippen LogP contribution in [0.25, 0.3) is 16.5 Å². The average Bonchev–Trinajstić information content (AvgIpc) is 2.92. The molecule has 3 aromatic carbocycles. The molecular formula is C28H21N3O4. The molecular weight excluding hydrogens is 442 g/mol. The molecule has 0 aliphatic heterocycles. The summed E-state index contributed by atoms with van der Waals surface area (Å²) < 4.78 is 12.5. The highest BCUT2D eigenvalue weighted by molar-refractivity contribution is 6.02. The smallest absolute Gasteiger partial charge is 0.359 e. The molecule has 5 rings (SSSR count). The molecule has 0 bridgehead atoms. The zero-order chi connectivity index (χ0) is 24.0. The van der Waals surface area contributed by atoms with E-state index in [1.165, 1.54) is 4.68 Å². The van der Waals surface area contributed by atoms with E-state index in [1.54, 1.807) is 54.7 Å². The summed E-state index contributed by atoms with van der Waals surface area (Å²) in [7, 11) is 0. The summed E-state index contributed by atoms with van der Waals surface area (Å²) >= 11 is 0. The maximum Gasteiger partial charge on any atom is 0.359 e. The van der Waals surface area contributed by atoms with Crippen LogP contribution in [0.4, 0.5) is 0 Å². The topological polar surface area (TPSA) is 83.3 Å². The highest BCUT2D eigenvalue weighted by atomic mass is 16.5. The number of aromatic nitrogens is 3. The van der Waals surface area contributed by atoms with Crippen LogP contribution in [0.5, 0.6) is 5.75 Å². The predicted octanol–water partition coefficient (Wildman–Crippen LogP) is 4.72. The van der Waals surface area contributed by atoms with Crippen LogP contribution in [0.2, 0.25) is 0 Å². The van der Waals surface area contributed by atoms with Crippen molar-refractivity contribution >= 4 is 16.7 Å². The average molecular weight is 463 g/mol. The highest BCUT2D eigenvalue weighted by Crippen LogP contribution is 2.18. The Kier molecular flexibility index (Phi) is 6.30. The van der Waals surface area contributed by atoms with Gasteiger partial charge in [-0.15, -0.1) is 0 Å². The summed E-state index contributed by atoms with van der Waals surface area (Å²) in [5, 5.41) is 5.20. The maximum absolute atomic E-state index is 13.0. The first-order valence-corrected chi connectivity index (χ1v) is 11.1. The standard InChI is InChI=1S/C28H21N3O4/c32-27-25-12-5-4-11-24(25)26(30-31(27)22-9-2-1-3-10-22)28(33)35-18-20-13-15-23(16-14-20)34-19-21-8-6-7-17-29-21/h1-17H,18-19H2. The summed E-state index contributed by atoms with van der Waals surface area (Å²) in [5.41, 5.74) is 1.98. The van der Waals surface area contributed by atoms with Crippen molar-refractivity contribution in [3.05, 3.63) is 131 Å². The number of carbonyl (C=O) groups excluding carboxylic acids is 1. The van der Waals surface area contributed by atoms with E-state index in [4.69, 9.17) is 9.47 Å². The Bertz CT molecular complexity index is 1520. The quantitative estimate of drug-likeness (QED) is 0.325. The monoisotopic (exact) mass is 463 g/mol. The molecule has 7 heteroatoms. The number of nitrogens with zero attached hydrogens (tertiary/aromatic N) is 3. The number of ether oxygens (including phenoxy) is 2. The molecule has 0 unspecified atom stereocenters. The SMILES string of the molecule is O=C(OCc1ccc(OCc2ccccn2)cc1)c1nn(-c2ccccc2)c(=O)c2ccccc12. The molecule has 172 valence electrons. The third-order valence-electron chi connectivity index (χ3n) is 5.41. The summed E-state index contributed by atoms with van der Waals surface area (Å²) in [6.45, 7) is 0.421. The lowest BCUT2D eigenvalue weighted by atomic mass is 10.1. The fourth-order valence-corrected chi connectivity index (χ4v) is 3.62. The zero-order valence-electron chi connectivity index (χ0n) is 18.7. The van der Waals surface area contributed by atoms with Gasteiger partial charge in [0, 0.05) is 11.6 Å². The molecule has 0 radical (unpaired) electrons. The Balaban J connectivity index is 1.33. The van der Waals surface area contributed by atoms with Crippen molar-refractivity contribution in [1.29, 1.82) is 0 Å². The van der Waals surface area contributed by atoms with Gasteiger partial charge in [-0.3, -0.25) is 9.78 Å². The van der Waals surface area contributed by atoms with Crippen molar-refractivity contribution in [2.24, 2.45) is 0 Å². The number of hydrogen-bond donors (Lipinski definition) is 0. The van der Waals surface area contributed by atoms with Crippen molar-refractivity contribution in [3.8, 4) is 11.4 Å². The van der Waals surface area contributed by atoms with Crippen LogP contribution >= 0.6 is 0 Å². The van der Waals surface area contributed by atoms with Gasteiger partial charge in [0.15, 0.2) is 5.69 Å². The van der Waals surface area contributed by atoms with Crippen LogP contribution in [0, 0.1) is 0 Å². The van der Waals surface area contributed by atoms with Crippen LogP contribution < -0.4 is 10.3 Å². The first kappa shape index (κ1) is 22.0. The van der Waals surface area contributed by atoms with Gasteiger partial charge in [-0.05, 0) is 48.0 Å². The van der Waals surface area contributed by atoms with Gasteiger partial charge in [0.05, 0.1) is 16.8 Å². The van der Waals surface area contributed by atoms with E-state index < -0.39 is 5.97 Å². The Labute approximate surface area is 201 Å². The first-order chi connectivity index (χ1) is 17.2. The fourth-order valence-electron chi connectivity index (χ4n) is 3.62. The van der Waals surface area contributed by atoms with E-state index >= 15 is 0 Å². The molecule has 0 saturated carbocycles.